The van der Waals surface area contributed by atoms with Crippen molar-refractivity contribution in [2.75, 3.05) is 38.0 Å². The summed E-state index contributed by atoms with van der Waals surface area (Å²) in [5, 5.41) is 4.66. The van der Waals surface area contributed by atoms with Crippen molar-refractivity contribution in [2.45, 2.75) is 6.54 Å². The number of nitrogens with zero attached hydrogens (tertiary/aromatic N) is 2. The molecule has 1 aliphatic rings. The SMILES string of the molecule is O=C(CN1CCN(Cc2ccccc2Cl)CC1)Nc1cc(Cl)c(Cl)cc1Cl. The number of piperazine rings is 1. The average Bonchev–Trinajstić information content (AvgIpc) is 2.63. The number of nitrogens with one attached hydrogen (secondary N) is 1. The molecule has 144 valence electrons. The van der Waals surface area contributed by atoms with Gasteiger partial charge in [0.15, 0.2) is 0 Å². The molecule has 0 aliphatic carbocycles. The number of anilines is 1. The van der Waals surface area contributed by atoms with E-state index in [4.69, 9.17) is 46.4 Å². The highest BCUT2D eigenvalue weighted by molar-refractivity contribution is 6.44. The Bertz CT molecular complexity index is 823. The first-order chi connectivity index (χ1) is 12.9. The molecule has 2 aromatic carbocycles. The smallest absolute Gasteiger partial charge is 0.238 e. The molecule has 1 saturated heterocycles. The van der Waals surface area contributed by atoms with Gasteiger partial charge in [-0.25, -0.2) is 0 Å². The number of carbonyl (C=O) groups is 1. The van der Waals surface area contributed by atoms with Gasteiger partial charge in [-0.2, -0.15) is 0 Å². The lowest BCUT2D eigenvalue weighted by atomic mass is 10.2. The normalized spacial score (nSPS) is 15.7. The number of hydrogen-bond donors (Lipinski definition) is 1. The van der Waals surface area contributed by atoms with Gasteiger partial charge in [0.25, 0.3) is 0 Å². The number of amides is 1. The summed E-state index contributed by atoms with van der Waals surface area (Å²) in [7, 11) is 0. The van der Waals surface area contributed by atoms with Crippen LogP contribution in [0.5, 0.6) is 0 Å². The second kappa shape index (κ2) is 9.46. The summed E-state index contributed by atoms with van der Waals surface area (Å²) < 4.78 is 0. The van der Waals surface area contributed by atoms with Gasteiger partial charge in [-0.15, -0.1) is 0 Å². The van der Waals surface area contributed by atoms with Crippen molar-refractivity contribution in [3.05, 3.63) is 62.1 Å². The van der Waals surface area contributed by atoms with Crippen molar-refractivity contribution in [2.24, 2.45) is 0 Å². The first kappa shape index (κ1) is 20.7. The Balaban J connectivity index is 1.48. The fourth-order valence-corrected chi connectivity index (χ4v) is 3.77. The molecular weight excluding hydrogens is 428 g/mol. The summed E-state index contributed by atoms with van der Waals surface area (Å²) in [4.78, 5) is 16.8. The third kappa shape index (κ3) is 5.74. The monoisotopic (exact) mass is 445 g/mol. The maximum atomic E-state index is 12.3. The predicted molar refractivity (Wildman–Crippen MR) is 113 cm³/mol. The third-order valence-corrected chi connectivity index (χ3v) is 5.87. The van der Waals surface area contributed by atoms with Crippen LogP contribution < -0.4 is 5.32 Å². The van der Waals surface area contributed by atoms with Crippen LogP contribution in [0.1, 0.15) is 5.56 Å². The van der Waals surface area contributed by atoms with Gasteiger partial charge in [0.05, 0.1) is 27.3 Å². The van der Waals surface area contributed by atoms with E-state index in [1.807, 2.05) is 24.3 Å². The Hall–Kier alpha value is -1.01. The molecule has 1 fully saturated rings. The van der Waals surface area contributed by atoms with Crippen LogP contribution >= 0.6 is 46.4 Å². The summed E-state index contributed by atoms with van der Waals surface area (Å²) in [5.74, 6) is -0.130. The van der Waals surface area contributed by atoms with Gasteiger partial charge in [0, 0.05) is 37.7 Å². The molecule has 1 aliphatic heterocycles. The van der Waals surface area contributed by atoms with Gasteiger partial charge in [-0.05, 0) is 23.8 Å². The first-order valence-corrected chi connectivity index (χ1v) is 10.1. The zero-order valence-corrected chi connectivity index (χ0v) is 17.5. The lowest BCUT2D eigenvalue weighted by Crippen LogP contribution is -2.48. The fraction of sp³-hybridized carbons (Fsp3) is 0.316. The molecule has 0 bridgehead atoms. The van der Waals surface area contributed by atoms with E-state index in [9.17, 15) is 4.79 Å². The minimum Gasteiger partial charge on any atom is -0.324 e. The predicted octanol–water partition coefficient (Wildman–Crippen LogP) is 5.06. The number of halogens is 4. The second-order valence-electron chi connectivity index (χ2n) is 6.44. The van der Waals surface area contributed by atoms with Crippen LogP contribution in [0.15, 0.2) is 36.4 Å². The van der Waals surface area contributed by atoms with Gasteiger partial charge < -0.3 is 5.32 Å². The van der Waals surface area contributed by atoms with E-state index >= 15 is 0 Å². The van der Waals surface area contributed by atoms with E-state index in [1.54, 1.807) is 6.07 Å². The highest BCUT2D eigenvalue weighted by atomic mass is 35.5. The molecule has 3 rings (SSSR count). The molecule has 0 saturated carbocycles. The van der Waals surface area contributed by atoms with E-state index < -0.39 is 0 Å². The van der Waals surface area contributed by atoms with Gasteiger partial charge in [0.1, 0.15) is 0 Å². The van der Waals surface area contributed by atoms with Crippen LogP contribution in [0, 0.1) is 0 Å². The Morgan fingerprint density at radius 3 is 2.19 bits per heavy atom. The summed E-state index contributed by atoms with van der Waals surface area (Å²) in [6.07, 6.45) is 0. The molecule has 8 heteroatoms. The third-order valence-electron chi connectivity index (χ3n) is 4.47. The van der Waals surface area contributed by atoms with E-state index in [1.165, 1.54) is 6.07 Å². The summed E-state index contributed by atoms with van der Waals surface area (Å²) in [6.45, 7) is 4.51. The van der Waals surface area contributed by atoms with E-state index in [2.05, 4.69) is 15.1 Å². The largest absolute Gasteiger partial charge is 0.324 e. The fourth-order valence-electron chi connectivity index (χ4n) is 2.98. The molecule has 1 amide bonds. The second-order valence-corrected chi connectivity index (χ2v) is 8.07. The van der Waals surface area contributed by atoms with Crippen LogP contribution in [0.4, 0.5) is 5.69 Å². The number of benzene rings is 2. The molecule has 1 N–H and O–H groups in total. The molecular formula is C19H19Cl4N3O. The Labute approximate surface area is 178 Å². The first-order valence-electron chi connectivity index (χ1n) is 8.55. The lowest BCUT2D eigenvalue weighted by molar-refractivity contribution is -0.117. The van der Waals surface area contributed by atoms with Gasteiger partial charge in [-0.1, -0.05) is 64.6 Å². The Morgan fingerprint density at radius 1 is 0.852 bits per heavy atom. The molecule has 0 aromatic heterocycles. The number of hydrogen-bond acceptors (Lipinski definition) is 3. The molecule has 2 aromatic rings. The molecule has 27 heavy (non-hydrogen) atoms. The molecule has 0 spiro atoms. The molecule has 0 atom stereocenters. The summed E-state index contributed by atoms with van der Waals surface area (Å²) in [6, 6.07) is 11.0. The van der Waals surface area contributed by atoms with E-state index in [0.29, 0.717) is 27.3 Å². The van der Waals surface area contributed by atoms with Crippen molar-refractivity contribution in [1.82, 2.24) is 9.80 Å². The van der Waals surface area contributed by atoms with Gasteiger partial charge in [-0.3, -0.25) is 14.6 Å². The maximum absolute atomic E-state index is 12.3. The molecule has 1 heterocycles. The summed E-state index contributed by atoms with van der Waals surface area (Å²) >= 11 is 24.2. The minimum atomic E-state index is -0.130. The van der Waals surface area contributed by atoms with Crippen molar-refractivity contribution in [3.63, 3.8) is 0 Å². The molecule has 0 unspecified atom stereocenters. The number of rotatable bonds is 5. The Morgan fingerprint density at radius 2 is 1.48 bits per heavy atom. The summed E-state index contributed by atoms with van der Waals surface area (Å²) in [5.41, 5.74) is 1.59. The van der Waals surface area contributed by atoms with Crippen LogP contribution in [-0.2, 0) is 11.3 Å². The number of carbonyl (C=O) groups excluding carboxylic acids is 1. The Kier molecular flexibility index (Phi) is 7.26. The van der Waals surface area contributed by atoms with Gasteiger partial charge >= 0.3 is 0 Å². The van der Waals surface area contributed by atoms with Crippen molar-refractivity contribution < 1.29 is 4.79 Å². The lowest BCUT2D eigenvalue weighted by Gasteiger charge is -2.34. The van der Waals surface area contributed by atoms with Crippen molar-refractivity contribution >= 4 is 58.0 Å². The van der Waals surface area contributed by atoms with Crippen LogP contribution in [0.2, 0.25) is 20.1 Å². The quantitative estimate of drug-likeness (QED) is 0.652. The van der Waals surface area contributed by atoms with Crippen molar-refractivity contribution in [3.8, 4) is 0 Å². The molecule has 0 radical (unpaired) electrons. The highest BCUT2D eigenvalue weighted by Crippen LogP contribution is 2.32. The van der Waals surface area contributed by atoms with E-state index in [0.717, 1.165) is 43.3 Å². The zero-order valence-electron chi connectivity index (χ0n) is 14.5. The van der Waals surface area contributed by atoms with E-state index in [-0.39, 0.29) is 5.91 Å². The van der Waals surface area contributed by atoms with Crippen LogP contribution in [0.3, 0.4) is 0 Å². The van der Waals surface area contributed by atoms with Crippen molar-refractivity contribution in [1.29, 1.82) is 0 Å². The van der Waals surface area contributed by atoms with Gasteiger partial charge in [0.2, 0.25) is 5.91 Å². The minimum absolute atomic E-state index is 0.130. The van der Waals surface area contributed by atoms with Crippen LogP contribution in [-0.4, -0.2) is 48.4 Å². The standard InChI is InChI=1S/C19H19Cl4N3O/c20-14-4-2-1-3-13(14)11-25-5-7-26(8-6-25)12-19(27)24-18-10-16(22)15(21)9-17(18)23/h1-4,9-10H,5-8,11-12H2,(H,24,27). The zero-order chi connectivity index (χ0) is 19.4. The topological polar surface area (TPSA) is 35.6 Å². The average molecular weight is 447 g/mol. The highest BCUT2D eigenvalue weighted by Gasteiger charge is 2.20. The van der Waals surface area contributed by atoms with Crippen LogP contribution in [0.25, 0.3) is 0 Å². The molecule has 4 nitrogen and oxygen atoms in total. The maximum Gasteiger partial charge on any atom is 0.238 e.